The molecule has 2 fully saturated rings. The zero-order valence-electron chi connectivity index (χ0n) is 16.8. The topological polar surface area (TPSA) is 58.6 Å². The third-order valence-electron chi connectivity index (χ3n) is 6.03. The number of hydrogen-bond acceptors (Lipinski definition) is 4. The van der Waals surface area contributed by atoms with Gasteiger partial charge in [0, 0.05) is 4.88 Å². The molecule has 1 aliphatic heterocycles. The van der Waals surface area contributed by atoms with Gasteiger partial charge < -0.3 is 10.1 Å². The van der Waals surface area contributed by atoms with Gasteiger partial charge in [0.25, 0.3) is 0 Å². The standard InChI is InChI=1S/C23H28N2O3S/c1-17(18-9-4-2-5-10-18)24-22(27)20-16-28-23(12-6-3-7-13-23)25(20)21(26)15-19-11-8-14-29-19/h2,4-5,8-11,14,17,20H,3,6-7,12-13,15-16H2,1H3,(H,24,27). The third-order valence-corrected chi connectivity index (χ3v) is 6.91. The number of carbonyl (C=O) groups excluding carboxylic acids is 2. The van der Waals surface area contributed by atoms with Gasteiger partial charge in [-0.15, -0.1) is 11.3 Å². The molecule has 1 saturated heterocycles. The van der Waals surface area contributed by atoms with Crippen LogP contribution in [0.15, 0.2) is 47.8 Å². The maximum atomic E-state index is 13.3. The molecular formula is C23H28N2O3S. The molecule has 1 saturated carbocycles. The Balaban J connectivity index is 1.53. The molecule has 154 valence electrons. The van der Waals surface area contributed by atoms with Crippen LogP contribution < -0.4 is 5.32 Å². The summed E-state index contributed by atoms with van der Waals surface area (Å²) in [7, 11) is 0. The summed E-state index contributed by atoms with van der Waals surface area (Å²) in [5, 5.41) is 5.07. The van der Waals surface area contributed by atoms with E-state index in [1.54, 1.807) is 16.2 Å². The zero-order chi connectivity index (χ0) is 20.3. The van der Waals surface area contributed by atoms with Crippen molar-refractivity contribution in [3.8, 4) is 0 Å². The molecule has 1 N–H and O–H groups in total. The summed E-state index contributed by atoms with van der Waals surface area (Å²) < 4.78 is 6.20. The van der Waals surface area contributed by atoms with Crippen molar-refractivity contribution in [2.75, 3.05) is 6.61 Å². The molecule has 2 unspecified atom stereocenters. The Kier molecular flexibility index (Phi) is 6.01. The monoisotopic (exact) mass is 412 g/mol. The van der Waals surface area contributed by atoms with E-state index < -0.39 is 11.8 Å². The van der Waals surface area contributed by atoms with Crippen LogP contribution in [0.1, 0.15) is 55.5 Å². The summed E-state index contributed by atoms with van der Waals surface area (Å²) in [5.74, 6) is -0.150. The lowest BCUT2D eigenvalue weighted by Gasteiger charge is -2.41. The van der Waals surface area contributed by atoms with Gasteiger partial charge in [0.1, 0.15) is 11.8 Å². The largest absolute Gasteiger partial charge is 0.353 e. The van der Waals surface area contributed by atoms with Crippen molar-refractivity contribution >= 4 is 23.2 Å². The first-order chi connectivity index (χ1) is 14.1. The molecular weight excluding hydrogens is 384 g/mol. The first-order valence-corrected chi connectivity index (χ1v) is 11.3. The number of benzene rings is 1. The number of amides is 2. The van der Waals surface area contributed by atoms with Gasteiger partial charge in [-0.1, -0.05) is 42.8 Å². The van der Waals surface area contributed by atoms with Gasteiger partial charge in [-0.3, -0.25) is 14.5 Å². The molecule has 4 rings (SSSR count). The van der Waals surface area contributed by atoms with Crippen LogP contribution in [-0.2, 0) is 20.7 Å². The van der Waals surface area contributed by atoms with E-state index >= 15 is 0 Å². The smallest absolute Gasteiger partial charge is 0.245 e. The molecule has 2 amide bonds. The lowest BCUT2D eigenvalue weighted by atomic mass is 9.90. The average Bonchev–Trinajstić information content (AvgIpc) is 3.37. The first-order valence-electron chi connectivity index (χ1n) is 10.4. The minimum absolute atomic E-state index is 0.0145. The van der Waals surface area contributed by atoms with Crippen LogP contribution in [0.4, 0.5) is 0 Å². The molecule has 0 radical (unpaired) electrons. The average molecular weight is 413 g/mol. The SMILES string of the molecule is CC(NC(=O)C1COC2(CCCCC2)N1C(=O)Cc1cccs1)c1ccccc1. The van der Waals surface area contributed by atoms with Crippen molar-refractivity contribution in [3.63, 3.8) is 0 Å². The van der Waals surface area contributed by atoms with Crippen LogP contribution >= 0.6 is 11.3 Å². The van der Waals surface area contributed by atoms with Crippen molar-refractivity contribution in [2.45, 2.75) is 63.3 Å². The summed E-state index contributed by atoms with van der Waals surface area (Å²) in [4.78, 5) is 29.3. The maximum Gasteiger partial charge on any atom is 0.245 e. The summed E-state index contributed by atoms with van der Waals surface area (Å²) in [6.45, 7) is 2.24. The normalized spacial score (nSPS) is 21.8. The van der Waals surface area contributed by atoms with Gasteiger partial charge in [-0.05, 0) is 49.6 Å². The molecule has 1 aromatic carbocycles. The molecule has 2 heterocycles. The minimum atomic E-state index is -0.620. The third kappa shape index (κ3) is 4.23. The Labute approximate surface area is 176 Å². The number of carbonyl (C=O) groups is 2. The van der Waals surface area contributed by atoms with E-state index in [1.807, 2.05) is 54.8 Å². The Hall–Kier alpha value is -2.18. The number of ether oxygens (including phenoxy) is 1. The number of thiophene rings is 1. The molecule has 1 spiro atoms. The van der Waals surface area contributed by atoms with Crippen LogP contribution in [0.3, 0.4) is 0 Å². The quantitative estimate of drug-likeness (QED) is 0.806. The number of rotatable bonds is 5. The van der Waals surface area contributed by atoms with Crippen molar-refractivity contribution in [1.29, 1.82) is 0 Å². The van der Waals surface area contributed by atoms with Gasteiger partial charge in [-0.25, -0.2) is 0 Å². The molecule has 2 atom stereocenters. The number of nitrogens with zero attached hydrogens (tertiary/aromatic N) is 1. The maximum absolute atomic E-state index is 13.3. The fourth-order valence-electron chi connectivity index (χ4n) is 4.53. The van der Waals surface area contributed by atoms with Gasteiger partial charge >= 0.3 is 0 Å². The van der Waals surface area contributed by atoms with Gasteiger partial charge in [-0.2, -0.15) is 0 Å². The molecule has 2 aliphatic rings. The fourth-order valence-corrected chi connectivity index (χ4v) is 5.22. The summed E-state index contributed by atoms with van der Waals surface area (Å²) in [5.41, 5.74) is 0.425. The summed E-state index contributed by atoms with van der Waals surface area (Å²) in [6.07, 6.45) is 5.14. The Morgan fingerprint density at radius 2 is 1.93 bits per heavy atom. The number of nitrogens with one attached hydrogen (secondary N) is 1. The minimum Gasteiger partial charge on any atom is -0.353 e. The fraction of sp³-hybridized carbons (Fsp3) is 0.478. The Morgan fingerprint density at radius 3 is 2.62 bits per heavy atom. The van der Waals surface area contributed by atoms with Crippen LogP contribution in [0.5, 0.6) is 0 Å². The highest BCUT2D eigenvalue weighted by Gasteiger charge is 2.52. The van der Waals surface area contributed by atoms with Crippen LogP contribution in [0, 0.1) is 0 Å². The second-order valence-electron chi connectivity index (χ2n) is 7.99. The first kappa shape index (κ1) is 20.1. The molecule has 6 heteroatoms. The van der Waals surface area contributed by atoms with Crippen molar-refractivity contribution in [3.05, 3.63) is 58.3 Å². The van der Waals surface area contributed by atoms with Crippen molar-refractivity contribution < 1.29 is 14.3 Å². The highest BCUT2D eigenvalue weighted by molar-refractivity contribution is 7.10. The molecule has 1 aromatic heterocycles. The molecule has 5 nitrogen and oxygen atoms in total. The predicted molar refractivity (Wildman–Crippen MR) is 113 cm³/mol. The lowest BCUT2D eigenvalue weighted by molar-refractivity contribution is -0.159. The number of hydrogen-bond donors (Lipinski definition) is 1. The van der Waals surface area contributed by atoms with Gasteiger partial charge in [0.15, 0.2) is 0 Å². The van der Waals surface area contributed by atoms with Gasteiger partial charge in [0.05, 0.1) is 19.1 Å². The lowest BCUT2D eigenvalue weighted by Crippen LogP contribution is -2.57. The highest BCUT2D eigenvalue weighted by Crippen LogP contribution is 2.41. The zero-order valence-corrected chi connectivity index (χ0v) is 17.6. The summed E-state index contributed by atoms with van der Waals surface area (Å²) in [6, 6.07) is 13.1. The van der Waals surface area contributed by atoms with Crippen LogP contribution in [-0.4, -0.2) is 35.1 Å². The van der Waals surface area contributed by atoms with Gasteiger partial charge in [0.2, 0.25) is 11.8 Å². The van der Waals surface area contributed by atoms with Crippen LogP contribution in [0.25, 0.3) is 0 Å². The second-order valence-corrected chi connectivity index (χ2v) is 9.03. The van der Waals surface area contributed by atoms with E-state index in [0.717, 1.165) is 42.5 Å². The Morgan fingerprint density at radius 1 is 1.17 bits per heavy atom. The molecule has 29 heavy (non-hydrogen) atoms. The van der Waals surface area contributed by atoms with Crippen molar-refractivity contribution in [2.24, 2.45) is 0 Å². The Bertz CT molecular complexity index is 831. The van der Waals surface area contributed by atoms with E-state index in [0.29, 0.717) is 6.42 Å². The summed E-state index contributed by atoms with van der Waals surface area (Å²) >= 11 is 1.57. The molecule has 1 aliphatic carbocycles. The molecule has 2 aromatic rings. The van der Waals surface area contributed by atoms with Crippen molar-refractivity contribution in [1.82, 2.24) is 10.2 Å². The molecule has 0 bridgehead atoms. The van der Waals surface area contributed by atoms with E-state index in [9.17, 15) is 9.59 Å². The predicted octanol–water partition coefficient (Wildman–Crippen LogP) is 4.06. The van der Waals surface area contributed by atoms with E-state index in [4.69, 9.17) is 4.74 Å². The van der Waals surface area contributed by atoms with E-state index in [-0.39, 0.29) is 24.5 Å². The van der Waals surface area contributed by atoms with E-state index in [2.05, 4.69) is 5.32 Å². The van der Waals surface area contributed by atoms with Crippen LogP contribution in [0.2, 0.25) is 0 Å². The second kappa shape index (κ2) is 8.67. The highest BCUT2D eigenvalue weighted by atomic mass is 32.1. The van der Waals surface area contributed by atoms with E-state index in [1.165, 1.54) is 0 Å².